The molecule has 2 rings (SSSR count). The molecule has 0 aromatic heterocycles. The minimum absolute atomic E-state index is 0.255. The summed E-state index contributed by atoms with van der Waals surface area (Å²) in [4.78, 5) is 9.63. The van der Waals surface area contributed by atoms with Crippen molar-refractivity contribution in [2.45, 2.75) is 6.18 Å². The van der Waals surface area contributed by atoms with E-state index in [0.717, 1.165) is 18.2 Å². The largest absolute Gasteiger partial charge is 0.417 e. The molecule has 0 aliphatic carbocycles. The molecule has 20 heavy (non-hydrogen) atoms. The van der Waals surface area contributed by atoms with Gasteiger partial charge >= 0.3 is 6.18 Å². The van der Waals surface area contributed by atoms with E-state index < -0.39 is 33.7 Å². The number of hydrogen-bond acceptors (Lipinski definition) is 2. The Balaban J connectivity index is 2.71. The second-order valence-electron chi connectivity index (χ2n) is 3.96. The average molecular weight is 285 g/mol. The summed E-state index contributed by atoms with van der Waals surface area (Å²) in [6, 6.07) is 7.16. The van der Waals surface area contributed by atoms with Crippen molar-refractivity contribution in [2.24, 2.45) is 0 Å². The maximum Gasteiger partial charge on any atom is 0.417 e. The molecule has 0 aliphatic rings. The zero-order valence-corrected chi connectivity index (χ0v) is 9.82. The van der Waals surface area contributed by atoms with Gasteiger partial charge in [0.1, 0.15) is 5.82 Å². The predicted octanol–water partition coefficient (Wildman–Crippen LogP) is 4.42. The van der Waals surface area contributed by atoms with Crippen molar-refractivity contribution in [2.75, 3.05) is 0 Å². The van der Waals surface area contributed by atoms with Crippen LogP contribution in [-0.2, 0) is 6.18 Å². The Labute approximate surface area is 110 Å². The maximum atomic E-state index is 13.6. The minimum Gasteiger partial charge on any atom is -0.258 e. The van der Waals surface area contributed by atoms with Crippen molar-refractivity contribution in [3.63, 3.8) is 0 Å². The summed E-state index contributed by atoms with van der Waals surface area (Å²) in [5, 5.41) is 10.6. The lowest BCUT2D eigenvalue weighted by atomic mass is 9.98. The number of benzene rings is 2. The highest BCUT2D eigenvalue weighted by atomic mass is 19.4. The zero-order chi connectivity index (χ0) is 14.9. The quantitative estimate of drug-likeness (QED) is 0.465. The first-order chi connectivity index (χ1) is 9.30. The van der Waals surface area contributed by atoms with Crippen molar-refractivity contribution in [1.82, 2.24) is 0 Å². The highest BCUT2D eigenvalue weighted by Gasteiger charge is 2.35. The average Bonchev–Trinajstić information content (AvgIpc) is 2.37. The normalized spacial score (nSPS) is 11.4. The van der Waals surface area contributed by atoms with Crippen LogP contribution in [0.1, 0.15) is 5.56 Å². The third kappa shape index (κ3) is 2.61. The van der Waals surface area contributed by atoms with E-state index in [1.54, 1.807) is 0 Å². The first kappa shape index (κ1) is 14.0. The van der Waals surface area contributed by atoms with E-state index >= 15 is 0 Å². The molecule has 2 aromatic carbocycles. The third-order valence-corrected chi connectivity index (χ3v) is 2.68. The molecule has 0 bridgehead atoms. The summed E-state index contributed by atoms with van der Waals surface area (Å²) in [7, 11) is 0. The van der Waals surface area contributed by atoms with Gasteiger partial charge in [0.25, 0.3) is 5.69 Å². The molecular formula is C13H7F4NO2. The Bertz CT molecular complexity index is 668. The Morgan fingerprint density at radius 1 is 1.00 bits per heavy atom. The van der Waals surface area contributed by atoms with Gasteiger partial charge in [0.2, 0.25) is 0 Å². The number of nitro groups is 1. The molecule has 0 radical (unpaired) electrons. The summed E-state index contributed by atoms with van der Waals surface area (Å²) < 4.78 is 52.5. The SMILES string of the molecule is O=[N+]([O-])c1ccc(-c2ccccc2F)c(C(F)(F)F)c1. The Morgan fingerprint density at radius 2 is 1.65 bits per heavy atom. The molecule has 0 aliphatic heterocycles. The van der Waals surface area contributed by atoms with Gasteiger partial charge in [0.15, 0.2) is 0 Å². The van der Waals surface area contributed by atoms with Crippen molar-refractivity contribution in [3.05, 3.63) is 64.0 Å². The molecule has 2 aromatic rings. The van der Waals surface area contributed by atoms with E-state index in [0.29, 0.717) is 6.07 Å². The molecule has 0 N–H and O–H groups in total. The van der Waals surface area contributed by atoms with Gasteiger partial charge in [0, 0.05) is 17.7 Å². The fourth-order valence-corrected chi connectivity index (χ4v) is 1.79. The fraction of sp³-hybridized carbons (Fsp3) is 0.0769. The molecule has 0 heterocycles. The summed E-state index contributed by atoms with van der Waals surface area (Å²) >= 11 is 0. The lowest BCUT2D eigenvalue weighted by molar-refractivity contribution is -0.385. The molecular weight excluding hydrogens is 278 g/mol. The number of nitrogens with zero attached hydrogens (tertiary/aromatic N) is 1. The highest BCUT2D eigenvalue weighted by molar-refractivity contribution is 5.70. The summed E-state index contributed by atoms with van der Waals surface area (Å²) in [5.41, 5.74) is -2.62. The van der Waals surface area contributed by atoms with Crippen LogP contribution in [0.15, 0.2) is 42.5 Å². The van der Waals surface area contributed by atoms with Crippen LogP contribution < -0.4 is 0 Å². The van der Waals surface area contributed by atoms with Gasteiger partial charge in [-0.25, -0.2) is 4.39 Å². The van der Waals surface area contributed by atoms with Gasteiger partial charge in [-0.2, -0.15) is 13.2 Å². The molecule has 0 atom stereocenters. The van der Waals surface area contributed by atoms with Crippen LogP contribution in [0.3, 0.4) is 0 Å². The van der Waals surface area contributed by atoms with E-state index in [1.807, 2.05) is 0 Å². The zero-order valence-electron chi connectivity index (χ0n) is 9.82. The number of nitro benzene ring substituents is 1. The van der Waals surface area contributed by atoms with E-state index in [9.17, 15) is 27.7 Å². The topological polar surface area (TPSA) is 43.1 Å². The summed E-state index contributed by atoms with van der Waals surface area (Å²) in [6.45, 7) is 0. The highest BCUT2D eigenvalue weighted by Crippen LogP contribution is 2.39. The van der Waals surface area contributed by atoms with E-state index in [-0.39, 0.29) is 5.56 Å². The van der Waals surface area contributed by atoms with E-state index in [1.165, 1.54) is 18.2 Å². The first-order valence-corrected chi connectivity index (χ1v) is 5.41. The lowest BCUT2D eigenvalue weighted by Crippen LogP contribution is -2.08. The molecule has 0 saturated carbocycles. The lowest BCUT2D eigenvalue weighted by Gasteiger charge is -2.13. The number of non-ortho nitro benzene ring substituents is 1. The first-order valence-electron chi connectivity index (χ1n) is 5.41. The standard InChI is InChI=1S/C13H7F4NO2/c14-12-4-2-1-3-10(12)9-6-5-8(18(19)20)7-11(9)13(15,16)17/h1-7H. The van der Waals surface area contributed by atoms with Crippen LogP contribution in [0.5, 0.6) is 0 Å². The monoisotopic (exact) mass is 285 g/mol. The van der Waals surface area contributed by atoms with Gasteiger partial charge < -0.3 is 0 Å². The predicted molar refractivity (Wildman–Crippen MR) is 63.5 cm³/mol. The van der Waals surface area contributed by atoms with Gasteiger partial charge in [0.05, 0.1) is 10.5 Å². The molecule has 0 fully saturated rings. The molecule has 0 spiro atoms. The number of hydrogen-bond donors (Lipinski definition) is 0. The van der Waals surface area contributed by atoms with Crippen LogP contribution >= 0.6 is 0 Å². The van der Waals surface area contributed by atoms with Crippen LogP contribution in [0, 0.1) is 15.9 Å². The van der Waals surface area contributed by atoms with Crippen LogP contribution in [0.2, 0.25) is 0 Å². The molecule has 0 unspecified atom stereocenters. The molecule has 3 nitrogen and oxygen atoms in total. The Morgan fingerprint density at radius 3 is 2.20 bits per heavy atom. The third-order valence-electron chi connectivity index (χ3n) is 2.68. The molecule has 0 amide bonds. The summed E-state index contributed by atoms with van der Waals surface area (Å²) in [6.07, 6.45) is -4.82. The van der Waals surface area contributed by atoms with E-state index in [2.05, 4.69) is 0 Å². The minimum atomic E-state index is -4.82. The Hall–Kier alpha value is -2.44. The van der Waals surface area contributed by atoms with Crippen molar-refractivity contribution < 1.29 is 22.5 Å². The number of alkyl halides is 3. The van der Waals surface area contributed by atoms with Crippen LogP contribution in [-0.4, -0.2) is 4.92 Å². The molecule has 0 saturated heterocycles. The smallest absolute Gasteiger partial charge is 0.258 e. The van der Waals surface area contributed by atoms with Crippen molar-refractivity contribution >= 4 is 5.69 Å². The maximum absolute atomic E-state index is 13.6. The number of rotatable bonds is 2. The number of halogens is 4. The van der Waals surface area contributed by atoms with Gasteiger partial charge in [-0.05, 0) is 17.7 Å². The second-order valence-corrected chi connectivity index (χ2v) is 3.96. The summed E-state index contributed by atoms with van der Waals surface area (Å²) in [5.74, 6) is -0.827. The Kier molecular flexibility index (Phi) is 3.44. The molecule has 104 valence electrons. The second kappa shape index (κ2) is 4.92. The van der Waals surface area contributed by atoms with Gasteiger partial charge in [-0.1, -0.05) is 18.2 Å². The van der Waals surface area contributed by atoms with Crippen LogP contribution in [0.4, 0.5) is 23.2 Å². The van der Waals surface area contributed by atoms with Gasteiger partial charge in [-0.3, -0.25) is 10.1 Å². The van der Waals surface area contributed by atoms with Crippen LogP contribution in [0.25, 0.3) is 11.1 Å². The molecule has 7 heteroatoms. The van der Waals surface area contributed by atoms with Gasteiger partial charge in [-0.15, -0.1) is 0 Å². The van der Waals surface area contributed by atoms with Crippen molar-refractivity contribution in [1.29, 1.82) is 0 Å². The van der Waals surface area contributed by atoms with E-state index in [4.69, 9.17) is 0 Å². The fourth-order valence-electron chi connectivity index (χ4n) is 1.79. The van der Waals surface area contributed by atoms with Crippen molar-refractivity contribution in [3.8, 4) is 11.1 Å².